The van der Waals surface area contributed by atoms with E-state index >= 15 is 0 Å². The minimum Gasteiger partial charge on any atom is -0.115 e. The van der Waals surface area contributed by atoms with Gasteiger partial charge in [0.1, 0.15) is 0 Å². The summed E-state index contributed by atoms with van der Waals surface area (Å²) in [5.41, 5.74) is 2.90. The molecule has 2 aromatic carbocycles. The lowest BCUT2D eigenvalue weighted by molar-refractivity contribution is 1.62. The van der Waals surface area contributed by atoms with Crippen LogP contribution in [0.15, 0.2) is 43.5 Å². The molecule has 16 heavy (non-hydrogen) atoms. The summed E-state index contributed by atoms with van der Waals surface area (Å²) >= 11 is 0. The molecule has 76 valence electrons. The molecule has 0 heterocycles. The van der Waals surface area contributed by atoms with Crippen molar-refractivity contribution in [1.29, 1.82) is 0 Å². The number of fused-ring (bicyclic) bond motifs is 1. The second-order valence-electron chi connectivity index (χ2n) is 3.53. The predicted octanol–water partition coefficient (Wildman–Crippen LogP) is 4.11. The van der Waals surface area contributed by atoms with Crippen LogP contribution in [0.25, 0.3) is 22.9 Å². The predicted molar refractivity (Wildman–Crippen MR) is 72.1 cm³/mol. The molecule has 2 aromatic rings. The van der Waals surface area contributed by atoms with Gasteiger partial charge < -0.3 is 0 Å². The molecule has 0 radical (unpaired) electrons. The number of benzene rings is 2. The first-order valence-electron chi connectivity index (χ1n) is 5.09. The Hall–Kier alpha value is -2.26. The maximum absolute atomic E-state index is 5.58. The summed E-state index contributed by atoms with van der Waals surface area (Å²) in [6, 6.07) is 10.2. The highest BCUT2D eigenvalue weighted by Crippen LogP contribution is 2.27. The van der Waals surface area contributed by atoms with E-state index in [9.17, 15) is 0 Å². The van der Waals surface area contributed by atoms with E-state index in [0.29, 0.717) is 0 Å². The van der Waals surface area contributed by atoms with Crippen LogP contribution in [-0.2, 0) is 0 Å². The summed E-state index contributed by atoms with van der Waals surface area (Å²) < 4.78 is 0. The van der Waals surface area contributed by atoms with Crippen molar-refractivity contribution < 1.29 is 0 Å². The molecule has 0 aliphatic heterocycles. The Morgan fingerprint density at radius 3 is 2.50 bits per heavy atom. The zero-order chi connectivity index (χ0) is 11.5. The van der Waals surface area contributed by atoms with Gasteiger partial charge in [-0.25, -0.2) is 0 Å². The van der Waals surface area contributed by atoms with Crippen molar-refractivity contribution in [2.24, 2.45) is 0 Å². The fraction of sp³-hybridized carbons (Fsp3) is 0. The molecule has 0 amide bonds. The maximum atomic E-state index is 5.58. The lowest BCUT2D eigenvalue weighted by atomic mass is 9.94. The summed E-state index contributed by atoms with van der Waals surface area (Å²) in [5.74, 6) is 2.75. The summed E-state index contributed by atoms with van der Waals surface area (Å²) in [7, 11) is 0. The Balaban J connectivity index is 3.00. The molecule has 0 N–H and O–H groups in total. The highest BCUT2D eigenvalue weighted by molar-refractivity contribution is 5.94. The Labute approximate surface area is 95.9 Å². The molecule has 0 saturated carbocycles. The molecule has 0 bridgehead atoms. The molecule has 0 fully saturated rings. The van der Waals surface area contributed by atoms with Crippen molar-refractivity contribution >= 4 is 22.9 Å². The SMILES string of the molecule is C#Cc1c(C=C)c(C=C)cc2ccccc12. The third-order valence-electron chi connectivity index (χ3n) is 2.69. The van der Waals surface area contributed by atoms with Crippen molar-refractivity contribution in [3.8, 4) is 12.3 Å². The second kappa shape index (κ2) is 4.08. The highest BCUT2D eigenvalue weighted by atomic mass is 14.1. The minimum absolute atomic E-state index is 0.892. The molecular formula is C16H12. The average molecular weight is 204 g/mol. The van der Waals surface area contributed by atoms with Gasteiger partial charge in [0.25, 0.3) is 0 Å². The molecule has 0 atom stereocenters. The monoisotopic (exact) mass is 204 g/mol. The first-order chi connectivity index (χ1) is 7.81. The third-order valence-corrected chi connectivity index (χ3v) is 2.69. The number of hydrogen-bond donors (Lipinski definition) is 0. The second-order valence-corrected chi connectivity index (χ2v) is 3.53. The number of rotatable bonds is 2. The first-order valence-corrected chi connectivity index (χ1v) is 5.09. The smallest absolute Gasteiger partial charge is 0.0399 e. The standard InChI is InChI=1S/C16H12/c1-4-12-11-13-9-7-8-10-16(13)15(6-3)14(12)5-2/h3-5,7-11H,1-2H2. The van der Waals surface area contributed by atoms with Gasteiger partial charge in [0.15, 0.2) is 0 Å². The normalized spacial score (nSPS) is 9.69. The van der Waals surface area contributed by atoms with E-state index in [0.717, 1.165) is 27.5 Å². The van der Waals surface area contributed by atoms with E-state index in [1.807, 2.05) is 24.3 Å². The average Bonchev–Trinajstić information content (AvgIpc) is 2.36. The Morgan fingerprint density at radius 2 is 1.88 bits per heavy atom. The van der Waals surface area contributed by atoms with Gasteiger partial charge >= 0.3 is 0 Å². The van der Waals surface area contributed by atoms with Gasteiger partial charge in [0.2, 0.25) is 0 Å². The molecule has 0 heteroatoms. The van der Waals surface area contributed by atoms with E-state index in [1.54, 1.807) is 6.08 Å². The molecule has 0 aromatic heterocycles. The van der Waals surface area contributed by atoms with E-state index < -0.39 is 0 Å². The van der Waals surface area contributed by atoms with Crippen LogP contribution in [0.5, 0.6) is 0 Å². The lowest BCUT2D eigenvalue weighted by Gasteiger charge is -2.09. The van der Waals surface area contributed by atoms with Gasteiger partial charge in [0, 0.05) is 5.56 Å². The van der Waals surface area contributed by atoms with Gasteiger partial charge in [-0.1, -0.05) is 55.5 Å². The van der Waals surface area contributed by atoms with Crippen LogP contribution in [0, 0.1) is 12.3 Å². The largest absolute Gasteiger partial charge is 0.115 e. The van der Waals surface area contributed by atoms with Crippen molar-refractivity contribution in [3.63, 3.8) is 0 Å². The molecule has 0 aliphatic carbocycles. The summed E-state index contributed by atoms with van der Waals surface area (Å²) in [4.78, 5) is 0. The minimum atomic E-state index is 0.892. The maximum Gasteiger partial charge on any atom is 0.0399 e. The fourth-order valence-electron chi connectivity index (χ4n) is 1.93. The Kier molecular flexibility index (Phi) is 2.62. The van der Waals surface area contributed by atoms with Crippen molar-refractivity contribution in [1.82, 2.24) is 0 Å². The van der Waals surface area contributed by atoms with E-state index in [1.165, 1.54) is 0 Å². The van der Waals surface area contributed by atoms with E-state index in [4.69, 9.17) is 6.42 Å². The number of hydrogen-bond acceptors (Lipinski definition) is 0. The van der Waals surface area contributed by atoms with Gasteiger partial charge in [-0.15, -0.1) is 6.42 Å². The lowest BCUT2D eigenvalue weighted by Crippen LogP contribution is -1.89. The number of terminal acetylenes is 1. The van der Waals surface area contributed by atoms with Gasteiger partial charge in [0.05, 0.1) is 0 Å². The molecule has 0 aliphatic rings. The van der Waals surface area contributed by atoms with Crippen LogP contribution >= 0.6 is 0 Å². The third kappa shape index (κ3) is 1.43. The molecule has 2 rings (SSSR count). The van der Waals surface area contributed by atoms with E-state index in [2.05, 4.69) is 31.2 Å². The molecule has 0 spiro atoms. The van der Waals surface area contributed by atoms with Crippen LogP contribution in [0.4, 0.5) is 0 Å². The summed E-state index contributed by atoms with van der Waals surface area (Å²) in [5, 5.41) is 2.22. The zero-order valence-electron chi connectivity index (χ0n) is 9.03. The molecular weight excluding hydrogens is 192 g/mol. The van der Waals surface area contributed by atoms with Crippen molar-refractivity contribution in [2.75, 3.05) is 0 Å². The van der Waals surface area contributed by atoms with Crippen LogP contribution in [0.3, 0.4) is 0 Å². The Morgan fingerprint density at radius 1 is 1.12 bits per heavy atom. The van der Waals surface area contributed by atoms with Crippen LogP contribution in [-0.4, -0.2) is 0 Å². The quantitative estimate of drug-likeness (QED) is 0.646. The zero-order valence-corrected chi connectivity index (χ0v) is 9.03. The topological polar surface area (TPSA) is 0 Å². The summed E-state index contributed by atoms with van der Waals surface area (Å²) in [6.45, 7) is 7.62. The van der Waals surface area contributed by atoms with Crippen LogP contribution < -0.4 is 0 Å². The molecule has 0 nitrogen and oxygen atoms in total. The Bertz CT molecular complexity index is 610. The van der Waals surface area contributed by atoms with Gasteiger partial charge in [-0.2, -0.15) is 0 Å². The van der Waals surface area contributed by atoms with Crippen LogP contribution in [0.2, 0.25) is 0 Å². The van der Waals surface area contributed by atoms with Crippen molar-refractivity contribution in [2.45, 2.75) is 0 Å². The van der Waals surface area contributed by atoms with Gasteiger partial charge in [-0.3, -0.25) is 0 Å². The molecule has 0 unspecified atom stereocenters. The summed E-state index contributed by atoms with van der Waals surface area (Å²) in [6.07, 6.45) is 9.18. The first kappa shape index (κ1) is 10.3. The molecule has 0 saturated heterocycles. The fourth-order valence-corrected chi connectivity index (χ4v) is 1.93. The van der Waals surface area contributed by atoms with Crippen LogP contribution in [0.1, 0.15) is 16.7 Å². The van der Waals surface area contributed by atoms with E-state index in [-0.39, 0.29) is 0 Å². The highest BCUT2D eigenvalue weighted by Gasteiger charge is 2.06. The van der Waals surface area contributed by atoms with Crippen molar-refractivity contribution in [3.05, 3.63) is 60.2 Å². The van der Waals surface area contributed by atoms with Gasteiger partial charge in [-0.05, 0) is 28.0 Å².